The quantitative estimate of drug-likeness (QED) is 0.650. The van der Waals surface area contributed by atoms with E-state index in [0.717, 1.165) is 23.4 Å². The monoisotopic (exact) mass is 384 g/mol. The van der Waals surface area contributed by atoms with Gasteiger partial charge in [0.25, 0.3) is 5.91 Å². The number of benzene rings is 2. The van der Waals surface area contributed by atoms with Gasteiger partial charge in [0.15, 0.2) is 0 Å². The van der Waals surface area contributed by atoms with Crippen molar-refractivity contribution in [2.45, 2.75) is 6.42 Å². The first-order valence-corrected chi connectivity index (χ1v) is 8.52. The zero-order valence-corrected chi connectivity index (χ0v) is 15.1. The molecule has 0 saturated carbocycles. The van der Waals surface area contributed by atoms with Crippen LogP contribution in [0.3, 0.4) is 0 Å². The third-order valence-corrected chi connectivity index (χ3v) is 3.92. The lowest BCUT2D eigenvalue weighted by atomic mass is 10.1. The Kier molecular flexibility index (Phi) is 6.11. The van der Waals surface area contributed by atoms with Gasteiger partial charge in [0.05, 0.1) is 7.11 Å². The number of carbonyl (C=O) groups excluding carboxylic acids is 1. The molecule has 0 bridgehead atoms. The van der Waals surface area contributed by atoms with Crippen LogP contribution in [0.1, 0.15) is 16.1 Å². The Balaban J connectivity index is 1.62. The molecular weight excluding hydrogens is 366 g/mol. The fourth-order valence-electron chi connectivity index (χ4n) is 2.51. The number of para-hydroxylation sites is 1. The minimum absolute atomic E-state index is 0.0125. The fraction of sp³-hybridized carbons (Fsp3) is 0.150. The predicted octanol–water partition coefficient (Wildman–Crippen LogP) is 3.67. The highest BCUT2D eigenvalue weighted by Crippen LogP contribution is 2.19. The largest absolute Gasteiger partial charge is 0.497 e. The molecule has 1 aromatic heterocycles. The van der Waals surface area contributed by atoms with Crippen LogP contribution < -0.4 is 15.4 Å². The average Bonchev–Trinajstić information content (AvgIpc) is 2.71. The highest BCUT2D eigenvalue weighted by atomic mass is 19.1. The van der Waals surface area contributed by atoms with E-state index < -0.39 is 23.2 Å². The Morgan fingerprint density at radius 3 is 2.61 bits per heavy atom. The number of carbonyl (C=O) groups is 1. The normalized spacial score (nSPS) is 10.4. The second-order valence-electron chi connectivity index (χ2n) is 5.84. The first-order chi connectivity index (χ1) is 13.6. The van der Waals surface area contributed by atoms with Crippen molar-refractivity contribution in [2.75, 3.05) is 24.3 Å². The molecule has 2 aromatic carbocycles. The number of halogens is 2. The van der Waals surface area contributed by atoms with E-state index in [1.807, 2.05) is 24.3 Å². The van der Waals surface area contributed by atoms with Crippen molar-refractivity contribution < 1.29 is 18.3 Å². The second-order valence-corrected chi connectivity index (χ2v) is 5.84. The van der Waals surface area contributed by atoms with Crippen molar-refractivity contribution in [3.05, 3.63) is 77.6 Å². The van der Waals surface area contributed by atoms with E-state index in [2.05, 4.69) is 20.6 Å². The molecule has 0 unspecified atom stereocenters. The first-order valence-electron chi connectivity index (χ1n) is 8.52. The number of hydrogen-bond donors (Lipinski definition) is 2. The van der Waals surface area contributed by atoms with Crippen LogP contribution in [0.2, 0.25) is 0 Å². The van der Waals surface area contributed by atoms with Gasteiger partial charge < -0.3 is 15.4 Å². The SMILES string of the molecule is COc1cccc(CCNc2nccc(C(=O)Nc3c(F)cccc3F)n2)c1. The third kappa shape index (κ3) is 4.79. The van der Waals surface area contributed by atoms with Gasteiger partial charge in [0, 0.05) is 12.7 Å². The Morgan fingerprint density at radius 1 is 1.11 bits per heavy atom. The van der Waals surface area contributed by atoms with Gasteiger partial charge in [-0.2, -0.15) is 0 Å². The maximum atomic E-state index is 13.7. The van der Waals surface area contributed by atoms with Gasteiger partial charge in [-0.1, -0.05) is 18.2 Å². The van der Waals surface area contributed by atoms with Crippen LogP contribution in [0.25, 0.3) is 0 Å². The zero-order chi connectivity index (χ0) is 19.9. The highest BCUT2D eigenvalue weighted by Gasteiger charge is 2.15. The summed E-state index contributed by atoms with van der Waals surface area (Å²) < 4.78 is 32.5. The average molecular weight is 384 g/mol. The summed E-state index contributed by atoms with van der Waals surface area (Å²) in [7, 11) is 1.61. The molecule has 0 aliphatic heterocycles. The summed E-state index contributed by atoms with van der Waals surface area (Å²) in [6.45, 7) is 0.528. The Hall–Kier alpha value is -3.55. The van der Waals surface area contributed by atoms with Gasteiger partial charge in [-0.3, -0.25) is 4.79 Å². The van der Waals surface area contributed by atoms with Crippen LogP contribution in [-0.4, -0.2) is 29.5 Å². The van der Waals surface area contributed by atoms with E-state index in [0.29, 0.717) is 13.0 Å². The standard InChI is InChI=1S/C20H18F2N4O2/c1-28-14-5-2-4-13(12-14)8-10-23-20-24-11-9-17(25-20)19(27)26-18-15(21)6-3-7-16(18)22/h2-7,9,11-12H,8,10H2,1H3,(H,26,27)(H,23,24,25). The number of anilines is 2. The number of amides is 1. The topological polar surface area (TPSA) is 76.1 Å². The summed E-state index contributed by atoms with van der Waals surface area (Å²) in [5.41, 5.74) is 0.538. The van der Waals surface area contributed by atoms with Crippen LogP contribution in [0, 0.1) is 11.6 Å². The molecule has 3 rings (SSSR count). The minimum atomic E-state index is -0.862. The molecular formula is C20H18F2N4O2. The van der Waals surface area contributed by atoms with Crippen molar-refractivity contribution in [3.63, 3.8) is 0 Å². The van der Waals surface area contributed by atoms with Crippen molar-refractivity contribution in [3.8, 4) is 5.75 Å². The highest BCUT2D eigenvalue weighted by molar-refractivity contribution is 6.03. The lowest BCUT2D eigenvalue weighted by molar-refractivity contribution is 0.102. The van der Waals surface area contributed by atoms with E-state index >= 15 is 0 Å². The summed E-state index contributed by atoms with van der Waals surface area (Å²) in [6, 6.07) is 12.4. The van der Waals surface area contributed by atoms with Crippen molar-refractivity contribution >= 4 is 17.5 Å². The second kappa shape index (κ2) is 8.90. The summed E-state index contributed by atoms with van der Waals surface area (Å²) in [4.78, 5) is 20.4. The van der Waals surface area contributed by atoms with Crippen molar-refractivity contribution in [2.24, 2.45) is 0 Å². The Bertz CT molecular complexity index is 962. The summed E-state index contributed by atoms with van der Waals surface area (Å²) in [5, 5.41) is 5.22. The molecule has 2 N–H and O–H groups in total. The molecule has 0 saturated heterocycles. The molecule has 1 heterocycles. The summed E-state index contributed by atoms with van der Waals surface area (Å²) >= 11 is 0. The Labute approximate surface area is 160 Å². The maximum absolute atomic E-state index is 13.7. The van der Waals surface area contributed by atoms with Crippen LogP contribution in [0.15, 0.2) is 54.7 Å². The van der Waals surface area contributed by atoms with Crippen LogP contribution in [0.5, 0.6) is 5.75 Å². The number of rotatable bonds is 7. The molecule has 0 fully saturated rings. The van der Waals surface area contributed by atoms with Crippen molar-refractivity contribution in [1.29, 1.82) is 0 Å². The first kappa shape index (κ1) is 19.2. The molecule has 8 heteroatoms. The van der Waals surface area contributed by atoms with E-state index in [9.17, 15) is 13.6 Å². The Morgan fingerprint density at radius 2 is 1.86 bits per heavy atom. The molecule has 0 radical (unpaired) electrons. The molecule has 1 amide bonds. The number of ether oxygens (including phenoxy) is 1. The zero-order valence-electron chi connectivity index (χ0n) is 15.1. The van der Waals surface area contributed by atoms with Gasteiger partial charge in [-0.25, -0.2) is 18.7 Å². The number of aromatic nitrogens is 2. The molecule has 0 atom stereocenters. The lowest BCUT2D eigenvalue weighted by Gasteiger charge is -2.09. The number of hydrogen-bond acceptors (Lipinski definition) is 5. The fourth-order valence-corrected chi connectivity index (χ4v) is 2.51. The molecule has 6 nitrogen and oxygen atoms in total. The van der Waals surface area contributed by atoms with Gasteiger partial charge in [0.2, 0.25) is 5.95 Å². The molecule has 0 aliphatic rings. The van der Waals surface area contributed by atoms with Crippen LogP contribution in [0.4, 0.5) is 20.4 Å². The number of methoxy groups -OCH3 is 1. The molecule has 0 aliphatic carbocycles. The minimum Gasteiger partial charge on any atom is -0.497 e. The van der Waals surface area contributed by atoms with E-state index in [-0.39, 0.29) is 11.6 Å². The lowest BCUT2D eigenvalue weighted by Crippen LogP contribution is -2.17. The predicted molar refractivity (Wildman–Crippen MR) is 102 cm³/mol. The van der Waals surface area contributed by atoms with Crippen molar-refractivity contribution in [1.82, 2.24) is 9.97 Å². The summed E-state index contributed by atoms with van der Waals surface area (Å²) in [6.07, 6.45) is 2.09. The van der Waals surface area contributed by atoms with Gasteiger partial charge in [-0.15, -0.1) is 0 Å². The molecule has 0 spiro atoms. The number of nitrogens with one attached hydrogen (secondary N) is 2. The molecule has 28 heavy (non-hydrogen) atoms. The smallest absolute Gasteiger partial charge is 0.274 e. The molecule has 3 aromatic rings. The van der Waals surface area contributed by atoms with Gasteiger partial charge in [0.1, 0.15) is 28.8 Å². The van der Waals surface area contributed by atoms with E-state index in [1.165, 1.54) is 18.3 Å². The van der Waals surface area contributed by atoms with Crippen LogP contribution in [-0.2, 0) is 6.42 Å². The van der Waals surface area contributed by atoms with Crippen LogP contribution >= 0.6 is 0 Å². The van der Waals surface area contributed by atoms with E-state index in [1.54, 1.807) is 7.11 Å². The summed E-state index contributed by atoms with van der Waals surface area (Å²) in [5.74, 6) is -1.45. The maximum Gasteiger partial charge on any atom is 0.274 e. The molecule has 144 valence electrons. The number of nitrogens with zero attached hydrogens (tertiary/aromatic N) is 2. The van der Waals surface area contributed by atoms with Gasteiger partial charge >= 0.3 is 0 Å². The third-order valence-electron chi connectivity index (χ3n) is 3.92. The van der Waals surface area contributed by atoms with Gasteiger partial charge in [-0.05, 0) is 42.3 Å². The van der Waals surface area contributed by atoms with E-state index in [4.69, 9.17) is 4.74 Å².